The molecule has 1 fully saturated rings. The molecule has 0 spiro atoms. The van der Waals surface area contributed by atoms with Crippen molar-refractivity contribution in [2.24, 2.45) is 5.73 Å². The first-order chi connectivity index (χ1) is 8.79. The van der Waals surface area contributed by atoms with Gasteiger partial charge in [-0.1, -0.05) is 12.8 Å². The molecule has 0 aliphatic heterocycles. The van der Waals surface area contributed by atoms with Crippen molar-refractivity contribution >= 4 is 11.0 Å². The average molecular weight is 246 g/mol. The molecule has 3 N–H and O–H groups in total. The Morgan fingerprint density at radius 2 is 2.22 bits per heavy atom. The van der Waals surface area contributed by atoms with Crippen molar-refractivity contribution in [1.82, 2.24) is 14.8 Å². The Labute approximate surface area is 105 Å². The van der Waals surface area contributed by atoms with Crippen LogP contribution in [0.5, 0.6) is 0 Å². The number of pyridine rings is 1. The molecule has 18 heavy (non-hydrogen) atoms. The highest BCUT2D eigenvalue weighted by atomic mass is 16.1. The fourth-order valence-corrected chi connectivity index (χ4v) is 2.82. The highest BCUT2D eigenvalue weighted by Gasteiger charge is 2.20. The predicted molar refractivity (Wildman–Crippen MR) is 70.6 cm³/mol. The van der Waals surface area contributed by atoms with Crippen LogP contribution in [0.2, 0.25) is 0 Å². The van der Waals surface area contributed by atoms with E-state index in [1.807, 2.05) is 16.9 Å². The zero-order valence-corrected chi connectivity index (χ0v) is 10.4. The van der Waals surface area contributed by atoms with Crippen molar-refractivity contribution in [3.8, 4) is 0 Å². The summed E-state index contributed by atoms with van der Waals surface area (Å²) < 4.78 is 1.98. The molecule has 0 radical (unpaired) electrons. The number of nitrogens with one attached hydrogen (secondary N) is 1. The summed E-state index contributed by atoms with van der Waals surface area (Å²) in [5, 5.41) is 5.44. The molecule has 96 valence electrons. The third-order valence-electron chi connectivity index (χ3n) is 3.76. The Morgan fingerprint density at radius 1 is 1.44 bits per heavy atom. The summed E-state index contributed by atoms with van der Waals surface area (Å²) >= 11 is 0. The van der Waals surface area contributed by atoms with Crippen molar-refractivity contribution in [2.45, 2.75) is 38.1 Å². The van der Waals surface area contributed by atoms with Crippen LogP contribution in [-0.4, -0.2) is 21.3 Å². The fraction of sp³-hybridized carbons (Fsp3) is 0.538. The molecule has 0 atom stereocenters. The molecule has 0 unspecified atom stereocenters. The van der Waals surface area contributed by atoms with Gasteiger partial charge in [-0.2, -0.15) is 5.10 Å². The van der Waals surface area contributed by atoms with E-state index in [4.69, 9.17) is 5.73 Å². The highest BCUT2D eigenvalue weighted by molar-refractivity contribution is 5.75. The molecule has 1 saturated carbocycles. The summed E-state index contributed by atoms with van der Waals surface area (Å²) in [4.78, 5) is 14.9. The molecule has 1 aliphatic carbocycles. The van der Waals surface area contributed by atoms with Gasteiger partial charge in [0, 0.05) is 10.9 Å². The Hall–Kier alpha value is -1.62. The second-order valence-electron chi connectivity index (χ2n) is 4.99. The van der Waals surface area contributed by atoms with Crippen LogP contribution < -0.4 is 11.3 Å². The van der Waals surface area contributed by atoms with Crippen LogP contribution in [-0.2, 0) is 6.42 Å². The molecule has 3 rings (SSSR count). The van der Waals surface area contributed by atoms with E-state index in [-0.39, 0.29) is 5.56 Å². The maximum Gasteiger partial charge on any atom is 0.252 e. The second kappa shape index (κ2) is 4.57. The molecule has 2 heterocycles. The van der Waals surface area contributed by atoms with Crippen molar-refractivity contribution in [2.75, 3.05) is 6.54 Å². The summed E-state index contributed by atoms with van der Waals surface area (Å²) in [6, 6.07) is 2.36. The predicted octanol–water partition coefficient (Wildman–Crippen LogP) is 1.34. The molecule has 5 nitrogen and oxygen atoms in total. The molecular weight excluding hydrogens is 228 g/mol. The minimum atomic E-state index is -0.0345. The number of nitrogens with zero attached hydrogens (tertiary/aromatic N) is 2. The highest BCUT2D eigenvalue weighted by Crippen LogP contribution is 2.30. The second-order valence-corrected chi connectivity index (χ2v) is 4.99. The summed E-state index contributed by atoms with van der Waals surface area (Å²) in [5.41, 5.74) is 7.07. The van der Waals surface area contributed by atoms with Gasteiger partial charge in [0.15, 0.2) is 0 Å². The lowest BCUT2D eigenvalue weighted by Gasteiger charge is -2.10. The van der Waals surface area contributed by atoms with Gasteiger partial charge in [0.05, 0.1) is 12.2 Å². The van der Waals surface area contributed by atoms with Crippen LogP contribution in [0.1, 0.15) is 37.3 Å². The largest absolute Gasteiger partial charge is 0.330 e. The standard InChI is InChI=1S/C13H18N4O/c14-6-5-9-7-10-8-15-17(11-3-1-2-4-11)12(10)16-13(9)18/h7-8,11H,1-6,14H2,(H,16,18). The number of hydrogen-bond donors (Lipinski definition) is 2. The quantitative estimate of drug-likeness (QED) is 0.858. The van der Waals surface area contributed by atoms with Gasteiger partial charge in [-0.15, -0.1) is 0 Å². The number of fused-ring (bicyclic) bond motifs is 1. The molecule has 0 amide bonds. The summed E-state index contributed by atoms with van der Waals surface area (Å²) in [6.45, 7) is 0.491. The van der Waals surface area contributed by atoms with Crippen molar-refractivity contribution in [1.29, 1.82) is 0 Å². The Morgan fingerprint density at radius 3 is 2.94 bits per heavy atom. The van der Waals surface area contributed by atoms with E-state index in [2.05, 4.69) is 10.1 Å². The monoisotopic (exact) mass is 246 g/mol. The lowest BCUT2D eigenvalue weighted by atomic mass is 10.2. The smallest absolute Gasteiger partial charge is 0.252 e. The lowest BCUT2D eigenvalue weighted by Crippen LogP contribution is -2.17. The first-order valence-corrected chi connectivity index (χ1v) is 6.59. The summed E-state index contributed by atoms with van der Waals surface area (Å²) in [6.07, 6.45) is 7.26. The maximum absolute atomic E-state index is 11.9. The van der Waals surface area contributed by atoms with E-state index in [1.54, 1.807) is 0 Å². The van der Waals surface area contributed by atoms with E-state index in [0.717, 1.165) is 29.4 Å². The normalized spacial score (nSPS) is 16.7. The van der Waals surface area contributed by atoms with E-state index in [0.29, 0.717) is 19.0 Å². The number of rotatable bonds is 3. The molecule has 0 aromatic carbocycles. The van der Waals surface area contributed by atoms with Gasteiger partial charge in [-0.05, 0) is 31.9 Å². The van der Waals surface area contributed by atoms with Crippen molar-refractivity contribution in [3.05, 3.63) is 28.2 Å². The zero-order chi connectivity index (χ0) is 12.5. The third-order valence-corrected chi connectivity index (χ3v) is 3.76. The molecule has 0 bridgehead atoms. The molecular formula is C13H18N4O. The van der Waals surface area contributed by atoms with E-state index >= 15 is 0 Å². The van der Waals surface area contributed by atoms with Crippen LogP contribution in [0.25, 0.3) is 11.0 Å². The third kappa shape index (κ3) is 1.84. The fourth-order valence-electron chi connectivity index (χ4n) is 2.82. The SMILES string of the molecule is NCCc1cc2cnn(C3CCCC3)c2[nH]c1=O. The zero-order valence-electron chi connectivity index (χ0n) is 10.4. The van der Waals surface area contributed by atoms with Crippen molar-refractivity contribution in [3.63, 3.8) is 0 Å². The Bertz CT molecular complexity index is 607. The van der Waals surface area contributed by atoms with Crippen LogP contribution >= 0.6 is 0 Å². The van der Waals surface area contributed by atoms with Crippen LogP contribution in [0.4, 0.5) is 0 Å². The molecule has 0 saturated heterocycles. The number of H-pyrrole nitrogens is 1. The molecule has 5 heteroatoms. The Balaban J connectivity index is 2.08. The Kier molecular flexibility index (Phi) is 2.91. The molecule has 2 aromatic rings. The van der Waals surface area contributed by atoms with E-state index in [9.17, 15) is 4.79 Å². The van der Waals surface area contributed by atoms with Gasteiger partial charge in [0.2, 0.25) is 0 Å². The lowest BCUT2D eigenvalue weighted by molar-refractivity contribution is 0.478. The van der Waals surface area contributed by atoms with Crippen molar-refractivity contribution < 1.29 is 0 Å². The van der Waals surface area contributed by atoms with Gasteiger partial charge in [-0.3, -0.25) is 4.79 Å². The van der Waals surface area contributed by atoms with E-state index < -0.39 is 0 Å². The number of nitrogens with two attached hydrogens (primary N) is 1. The molecule has 2 aromatic heterocycles. The first kappa shape index (κ1) is 11.5. The number of aromatic amines is 1. The van der Waals surface area contributed by atoms with Crippen LogP contribution in [0, 0.1) is 0 Å². The van der Waals surface area contributed by atoms with Gasteiger partial charge >= 0.3 is 0 Å². The first-order valence-electron chi connectivity index (χ1n) is 6.59. The molecule has 1 aliphatic rings. The van der Waals surface area contributed by atoms with Crippen LogP contribution in [0.15, 0.2) is 17.1 Å². The van der Waals surface area contributed by atoms with Gasteiger partial charge in [0.1, 0.15) is 5.65 Å². The minimum absolute atomic E-state index is 0.0345. The summed E-state index contributed by atoms with van der Waals surface area (Å²) in [7, 11) is 0. The minimum Gasteiger partial charge on any atom is -0.330 e. The average Bonchev–Trinajstić information content (AvgIpc) is 2.98. The van der Waals surface area contributed by atoms with E-state index in [1.165, 1.54) is 12.8 Å². The van der Waals surface area contributed by atoms with Gasteiger partial charge in [-0.25, -0.2) is 4.68 Å². The number of aromatic nitrogens is 3. The maximum atomic E-state index is 11.9. The summed E-state index contributed by atoms with van der Waals surface area (Å²) in [5.74, 6) is 0. The topological polar surface area (TPSA) is 76.7 Å². The van der Waals surface area contributed by atoms with Gasteiger partial charge in [0.25, 0.3) is 5.56 Å². The number of hydrogen-bond acceptors (Lipinski definition) is 3. The van der Waals surface area contributed by atoms with Crippen LogP contribution in [0.3, 0.4) is 0 Å². The van der Waals surface area contributed by atoms with Gasteiger partial charge < -0.3 is 10.7 Å².